The van der Waals surface area contributed by atoms with Crippen molar-refractivity contribution in [3.8, 4) is 0 Å². The van der Waals surface area contributed by atoms with Crippen LogP contribution in [0.5, 0.6) is 0 Å². The van der Waals surface area contributed by atoms with Crippen LogP contribution in [0.4, 0.5) is 4.79 Å². The Balaban J connectivity index is 2.67. The van der Waals surface area contributed by atoms with E-state index in [1.807, 2.05) is 7.05 Å². The molecule has 0 aromatic carbocycles. The Morgan fingerprint density at radius 2 is 2.12 bits per heavy atom. The van der Waals surface area contributed by atoms with Crippen LogP contribution in [0.25, 0.3) is 0 Å². The Morgan fingerprint density at radius 1 is 1.50 bits per heavy atom. The summed E-state index contributed by atoms with van der Waals surface area (Å²) in [7, 11) is 1.98. The maximum Gasteiger partial charge on any atom is 0.404 e. The molecular formula is C12H24N2O2. The van der Waals surface area contributed by atoms with Crippen LogP contribution in [0.15, 0.2) is 0 Å². The molecule has 4 nitrogen and oxygen atoms in total. The molecule has 3 N–H and O–H groups in total. The van der Waals surface area contributed by atoms with E-state index in [0.29, 0.717) is 11.8 Å². The van der Waals surface area contributed by atoms with Gasteiger partial charge in [-0.3, -0.25) is 0 Å². The molecule has 4 heteroatoms. The van der Waals surface area contributed by atoms with Gasteiger partial charge in [-0.05, 0) is 43.7 Å². The van der Waals surface area contributed by atoms with Crippen LogP contribution in [0.2, 0.25) is 0 Å². The summed E-state index contributed by atoms with van der Waals surface area (Å²) in [4.78, 5) is 10.7. The first-order chi connectivity index (χ1) is 7.36. The zero-order valence-electron chi connectivity index (χ0n) is 10.7. The normalized spacial score (nSPS) is 33.4. The number of hydrogen-bond donors (Lipinski definition) is 3. The van der Waals surface area contributed by atoms with Gasteiger partial charge in [-0.25, -0.2) is 4.79 Å². The Kier molecular flexibility index (Phi) is 4.19. The molecule has 1 aliphatic rings. The third kappa shape index (κ3) is 3.11. The van der Waals surface area contributed by atoms with Crippen molar-refractivity contribution in [3.05, 3.63) is 0 Å². The monoisotopic (exact) mass is 228 g/mol. The number of hydrogen-bond acceptors (Lipinski definition) is 2. The minimum atomic E-state index is -0.903. The smallest absolute Gasteiger partial charge is 0.404 e. The Bertz CT molecular complexity index is 253. The van der Waals surface area contributed by atoms with E-state index >= 15 is 0 Å². The Labute approximate surface area is 97.8 Å². The van der Waals surface area contributed by atoms with Crippen molar-refractivity contribution >= 4 is 6.09 Å². The number of nitrogens with one attached hydrogen (secondary N) is 2. The van der Waals surface area contributed by atoms with Crippen LogP contribution >= 0.6 is 0 Å². The van der Waals surface area contributed by atoms with Crippen LogP contribution in [0.1, 0.15) is 33.6 Å². The molecule has 0 saturated heterocycles. The summed E-state index contributed by atoms with van der Waals surface area (Å²) in [5.41, 5.74) is 0.188. The van der Waals surface area contributed by atoms with Gasteiger partial charge in [0.05, 0.1) is 0 Å². The van der Waals surface area contributed by atoms with E-state index < -0.39 is 6.09 Å². The van der Waals surface area contributed by atoms with Crippen LogP contribution in [-0.4, -0.2) is 30.8 Å². The standard InChI is InChI=1S/C12H24N2O2/c1-8-5-9(14-11(15)16)6-12(2,3)10(8)7-13-4/h8-10,13-14H,5-7H2,1-4H3,(H,15,16). The molecule has 0 aliphatic heterocycles. The molecule has 94 valence electrons. The Morgan fingerprint density at radius 3 is 2.56 bits per heavy atom. The lowest BCUT2D eigenvalue weighted by atomic mass is 9.62. The first-order valence-corrected chi connectivity index (χ1v) is 6.01. The lowest BCUT2D eigenvalue weighted by Gasteiger charge is -2.46. The lowest BCUT2D eigenvalue weighted by Crippen LogP contribution is -2.49. The highest BCUT2D eigenvalue weighted by Gasteiger charge is 2.40. The summed E-state index contributed by atoms with van der Waals surface area (Å²) in [5, 5.41) is 14.6. The van der Waals surface area contributed by atoms with Gasteiger partial charge in [0, 0.05) is 6.04 Å². The summed E-state index contributed by atoms with van der Waals surface area (Å²) in [6.45, 7) is 7.70. The molecule has 16 heavy (non-hydrogen) atoms. The van der Waals surface area contributed by atoms with E-state index in [2.05, 4.69) is 31.4 Å². The minimum Gasteiger partial charge on any atom is -0.465 e. The van der Waals surface area contributed by atoms with Gasteiger partial charge in [0.2, 0.25) is 0 Å². The van der Waals surface area contributed by atoms with E-state index in [4.69, 9.17) is 5.11 Å². The minimum absolute atomic E-state index is 0.107. The summed E-state index contributed by atoms with van der Waals surface area (Å²) in [6.07, 6.45) is 0.970. The topological polar surface area (TPSA) is 61.4 Å². The van der Waals surface area contributed by atoms with Crippen molar-refractivity contribution in [2.24, 2.45) is 17.3 Å². The average Bonchev–Trinajstić information content (AvgIpc) is 2.09. The van der Waals surface area contributed by atoms with Gasteiger partial charge in [-0.2, -0.15) is 0 Å². The lowest BCUT2D eigenvalue weighted by molar-refractivity contribution is 0.0608. The first-order valence-electron chi connectivity index (χ1n) is 6.01. The van der Waals surface area contributed by atoms with Crippen molar-refractivity contribution in [3.63, 3.8) is 0 Å². The maximum absolute atomic E-state index is 10.7. The summed E-state index contributed by atoms with van der Waals surface area (Å²) >= 11 is 0. The first kappa shape index (κ1) is 13.3. The molecule has 3 atom stereocenters. The van der Waals surface area contributed by atoms with E-state index in [1.165, 1.54) is 0 Å². The van der Waals surface area contributed by atoms with E-state index in [1.54, 1.807) is 0 Å². The molecule has 1 saturated carbocycles. The average molecular weight is 228 g/mol. The highest BCUT2D eigenvalue weighted by molar-refractivity contribution is 5.64. The predicted octanol–water partition coefficient (Wildman–Crippen LogP) is 1.91. The molecule has 1 aliphatic carbocycles. The van der Waals surface area contributed by atoms with Gasteiger partial charge in [0.1, 0.15) is 0 Å². The summed E-state index contributed by atoms with van der Waals surface area (Å²) in [5.74, 6) is 1.16. The molecule has 0 bridgehead atoms. The molecule has 0 aromatic heterocycles. The molecule has 1 amide bonds. The number of amides is 1. The van der Waals surface area contributed by atoms with Crippen LogP contribution in [-0.2, 0) is 0 Å². The molecule has 0 heterocycles. The summed E-state index contributed by atoms with van der Waals surface area (Å²) < 4.78 is 0. The second-order valence-electron chi connectivity index (χ2n) is 5.72. The Hall–Kier alpha value is -0.770. The fourth-order valence-electron chi connectivity index (χ4n) is 3.24. The van der Waals surface area contributed by atoms with Crippen molar-refractivity contribution in [1.29, 1.82) is 0 Å². The van der Waals surface area contributed by atoms with Gasteiger partial charge in [0.15, 0.2) is 0 Å². The van der Waals surface area contributed by atoms with Crippen molar-refractivity contribution in [2.75, 3.05) is 13.6 Å². The highest BCUT2D eigenvalue weighted by atomic mass is 16.4. The van der Waals surface area contributed by atoms with E-state index in [0.717, 1.165) is 19.4 Å². The van der Waals surface area contributed by atoms with Gasteiger partial charge < -0.3 is 15.7 Å². The van der Waals surface area contributed by atoms with Gasteiger partial charge >= 0.3 is 6.09 Å². The molecule has 0 radical (unpaired) electrons. The van der Waals surface area contributed by atoms with Crippen molar-refractivity contribution < 1.29 is 9.90 Å². The molecule has 1 fully saturated rings. The van der Waals surface area contributed by atoms with Crippen molar-refractivity contribution in [1.82, 2.24) is 10.6 Å². The molecule has 1 rings (SSSR count). The number of carboxylic acid groups (broad SMARTS) is 1. The maximum atomic E-state index is 10.7. The molecular weight excluding hydrogens is 204 g/mol. The third-order valence-electron chi connectivity index (χ3n) is 3.87. The van der Waals surface area contributed by atoms with Crippen LogP contribution in [0, 0.1) is 17.3 Å². The predicted molar refractivity (Wildman–Crippen MR) is 64.5 cm³/mol. The van der Waals surface area contributed by atoms with E-state index in [-0.39, 0.29) is 11.5 Å². The fourth-order valence-corrected chi connectivity index (χ4v) is 3.24. The molecule has 0 spiro atoms. The largest absolute Gasteiger partial charge is 0.465 e. The zero-order chi connectivity index (χ0) is 12.3. The quantitative estimate of drug-likeness (QED) is 0.691. The molecule has 0 aromatic rings. The fraction of sp³-hybridized carbons (Fsp3) is 0.917. The highest BCUT2D eigenvalue weighted by Crippen LogP contribution is 2.43. The third-order valence-corrected chi connectivity index (χ3v) is 3.87. The number of rotatable bonds is 3. The van der Waals surface area contributed by atoms with Crippen LogP contribution in [0.3, 0.4) is 0 Å². The SMILES string of the molecule is CNCC1C(C)CC(NC(=O)O)CC1(C)C. The van der Waals surface area contributed by atoms with Crippen molar-refractivity contribution in [2.45, 2.75) is 39.7 Å². The van der Waals surface area contributed by atoms with Gasteiger partial charge in [-0.15, -0.1) is 0 Å². The van der Waals surface area contributed by atoms with Gasteiger partial charge in [-0.1, -0.05) is 20.8 Å². The van der Waals surface area contributed by atoms with E-state index in [9.17, 15) is 4.79 Å². The number of carbonyl (C=O) groups is 1. The second kappa shape index (κ2) is 5.04. The second-order valence-corrected chi connectivity index (χ2v) is 5.72. The zero-order valence-corrected chi connectivity index (χ0v) is 10.7. The molecule has 3 unspecified atom stereocenters. The van der Waals surface area contributed by atoms with Gasteiger partial charge in [0.25, 0.3) is 0 Å². The van der Waals surface area contributed by atoms with Crippen LogP contribution < -0.4 is 10.6 Å². The summed E-state index contributed by atoms with van der Waals surface area (Å²) in [6, 6.07) is 0.107.